The first-order valence-electron chi connectivity index (χ1n) is 5.05. The molecule has 0 amide bonds. The number of likely N-dealkylation sites (N-methyl/N-ethyl adjacent to an activating group) is 1. The molecular weight excluding hydrogens is 208 g/mol. The lowest BCUT2D eigenvalue weighted by Crippen LogP contribution is -2.44. The lowest BCUT2D eigenvalue weighted by atomic mass is 10.3. The molecule has 0 N–H and O–H groups in total. The van der Waals surface area contributed by atoms with Gasteiger partial charge in [0.25, 0.3) is 0 Å². The summed E-state index contributed by atoms with van der Waals surface area (Å²) >= 11 is 1.64. The third kappa shape index (κ3) is 2.46. The fourth-order valence-electron chi connectivity index (χ4n) is 1.60. The van der Waals surface area contributed by atoms with Crippen molar-refractivity contribution in [1.29, 1.82) is 5.26 Å². The van der Waals surface area contributed by atoms with Crippen molar-refractivity contribution in [2.75, 3.05) is 38.1 Å². The first-order chi connectivity index (χ1) is 7.29. The van der Waals surface area contributed by atoms with E-state index in [-0.39, 0.29) is 0 Å². The second-order valence-corrected chi connectivity index (χ2v) is 4.83. The first kappa shape index (κ1) is 10.4. The molecule has 2 heterocycles. The van der Waals surface area contributed by atoms with E-state index in [9.17, 15) is 0 Å². The molecule has 1 aromatic heterocycles. The predicted octanol–water partition coefficient (Wildman–Crippen LogP) is 0.961. The maximum Gasteiger partial charge on any atom is 0.185 e. The quantitative estimate of drug-likeness (QED) is 0.747. The van der Waals surface area contributed by atoms with Crippen LogP contribution in [0.25, 0.3) is 0 Å². The van der Waals surface area contributed by atoms with Crippen molar-refractivity contribution in [3.63, 3.8) is 0 Å². The van der Waals surface area contributed by atoms with E-state index < -0.39 is 0 Å². The molecule has 0 atom stereocenters. The highest BCUT2D eigenvalue weighted by Gasteiger charge is 2.16. The van der Waals surface area contributed by atoms with Crippen LogP contribution in [0.3, 0.4) is 0 Å². The molecule has 1 fully saturated rings. The predicted molar refractivity (Wildman–Crippen MR) is 61.1 cm³/mol. The minimum atomic E-state index is 0.478. The molecule has 0 bridgehead atoms. The second-order valence-electron chi connectivity index (χ2n) is 3.73. The molecule has 0 radical (unpaired) electrons. The number of nitrogens with zero attached hydrogens (tertiary/aromatic N) is 4. The molecule has 2 rings (SSSR count). The van der Waals surface area contributed by atoms with Gasteiger partial charge in [-0.25, -0.2) is 4.98 Å². The summed E-state index contributed by atoms with van der Waals surface area (Å²) in [6.45, 7) is 4.26. The molecule has 0 aliphatic carbocycles. The molecule has 80 valence electrons. The van der Waals surface area contributed by atoms with Gasteiger partial charge in [-0.15, -0.1) is 11.3 Å². The van der Waals surface area contributed by atoms with Crippen LogP contribution in [0.4, 0.5) is 5.13 Å². The van der Waals surface area contributed by atoms with Gasteiger partial charge in [0, 0.05) is 37.3 Å². The number of rotatable bonds is 2. The van der Waals surface area contributed by atoms with E-state index >= 15 is 0 Å². The fourth-order valence-corrected chi connectivity index (χ4v) is 2.49. The zero-order valence-electron chi connectivity index (χ0n) is 8.81. The van der Waals surface area contributed by atoms with Crippen molar-refractivity contribution in [1.82, 2.24) is 9.88 Å². The van der Waals surface area contributed by atoms with Crippen molar-refractivity contribution >= 4 is 16.5 Å². The van der Waals surface area contributed by atoms with Crippen LogP contribution in [0.5, 0.6) is 0 Å². The monoisotopic (exact) mass is 222 g/mol. The number of nitriles is 1. The molecule has 1 saturated heterocycles. The van der Waals surface area contributed by atoms with E-state index in [2.05, 4.69) is 27.9 Å². The van der Waals surface area contributed by atoms with Crippen LogP contribution in [0.2, 0.25) is 0 Å². The molecule has 1 aromatic rings. The Morgan fingerprint density at radius 1 is 1.47 bits per heavy atom. The summed E-state index contributed by atoms with van der Waals surface area (Å²) in [4.78, 5) is 10.0. The molecular formula is C10H14N4S. The maximum atomic E-state index is 8.58. The van der Waals surface area contributed by atoms with Crippen LogP contribution in [0.1, 0.15) is 4.88 Å². The number of thiazole rings is 1. The number of piperazine rings is 1. The molecule has 15 heavy (non-hydrogen) atoms. The maximum absolute atomic E-state index is 8.58. The Balaban J connectivity index is 2.00. The summed E-state index contributed by atoms with van der Waals surface area (Å²) in [7, 11) is 2.14. The molecule has 5 heteroatoms. The molecule has 0 unspecified atom stereocenters. The van der Waals surface area contributed by atoms with Crippen molar-refractivity contribution < 1.29 is 0 Å². The van der Waals surface area contributed by atoms with Crippen molar-refractivity contribution in [2.24, 2.45) is 0 Å². The number of hydrogen-bond acceptors (Lipinski definition) is 5. The number of aromatic nitrogens is 1. The van der Waals surface area contributed by atoms with Crippen LogP contribution in [0, 0.1) is 11.3 Å². The van der Waals surface area contributed by atoms with E-state index in [0.29, 0.717) is 6.42 Å². The highest BCUT2D eigenvalue weighted by molar-refractivity contribution is 7.15. The minimum absolute atomic E-state index is 0.478. The average Bonchev–Trinajstić information content (AvgIpc) is 2.68. The minimum Gasteiger partial charge on any atom is -0.346 e. The Bertz CT molecular complexity index is 360. The number of anilines is 1. The lowest BCUT2D eigenvalue weighted by molar-refractivity contribution is 0.313. The Morgan fingerprint density at radius 3 is 2.87 bits per heavy atom. The fraction of sp³-hybridized carbons (Fsp3) is 0.600. The van der Waals surface area contributed by atoms with Gasteiger partial charge in [0.1, 0.15) is 0 Å². The smallest absolute Gasteiger partial charge is 0.185 e. The van der Waals surface area contributed by atoms with Gasteiger partial charge in [-0.2, -0.15) is 5.26 Å². The third-order valence-electron chi connectivity index (χ3n) is 2.57. The summed E-state index contributed by atoms with van der Waals surface area (Å²) in [5.74, 6) is 0. The molecule has 0 spiro atoms. The topological polar surface area (TPSA) is 43.2 Å². The van der Waals surface area contributed by atoms with Crippen LogP contribution >= 0.6 is 11.3 Å². The summed E-state index contributed by atoms with van der Waals surface area (Å²) in [6.07, 6.45) is 2.30. The number of hydrogen-bond donors (Lipinski definition) is 0. The Kier molecular flexibility index (Phi) is 3.19. The van der Waals surface area contributed by atoms with E-state index in [1.807, 2.05) is 6.20 Å². The standard InChI is InChI=1S/C10H14N4S/c1-13-4-6-14(7-5-13)10-12-8-9(15-10)2-3-11/h8H,2,4-7H2,1H3. The highest BCUT2D eigenvalue weighted by Crippen LogP contribution is 2.23. The van der Waals surface area contributed by atoms with E-state index in [0.717, 1.165) is 36.2 Å². The van der Waals surface area contributed by atoms with Crippen molar-refractivity contribution in [2.45, 2.75) is 6.42 Å². The summed E-state index contributed by atoms with van der Waals surface area (Å²) in [6, 6.07) is 2.15. The Morgan fingerprint density at radius 2 is 2.20 bits per heavy atom. The van der Waals surface area contributed by atoms with Crippen LogP contribution in [0.15, 0.2) is 6.20 Å². The summed E-state index contributed by atoms with van der Waals surface area (Å²) in [5.41, 5.74) is 0. The van der Waals surface area contributed by atoms with Crippen LogP contribution in [-0.2, 0) is 6.42 Å². The SMILES string of the molecule is CN1CCN(c2ncc(CC#N)s2)CC1. The van der Waals surface area contributed by atoms with E-state index in [1.165, 1.54) is 0 Å². The highest BCUT2D eigenvalue weighted by atomic mass is 32.1. The van der Waals surface area contributed by atoms with Gasteiger partial charge >= 0.3 is 0 Å². The van der Waals surface area contributed by atoms with Gasteiger partial charge in [-0.3, -0.25) is 0 Å². The molecule has 1 aliphatic heterocycles. The van der Waals surface area contributed by atoms with Crippen LogP contribution < -0.4 is 4.90 Å². The van der Waals surface area contributed by atoms with Gasteiger partial charge in [0.05, 0.1) is 12.5 Å². The summed E-state index contributed by atoms with van der Waals surface area (Å²) < 4.78 is 0. The molecule has 4 nitrogen and oxygen atoms in total. The van der Waals surface area contributed by atoms with E-state index in [1.54, 1.807) is 11.3 Å². The van der Waals surface area contributed by atoms with Crippen LogP contribution in [-0.4, -0.2) is 43.1 Å². The molecule has 1 aliphatic rings. The van der Waals surface area contributed by atoms with Crippen molar-refractivity contribution in [3.05, 3.63) is 11.1 Å². The molecule has 0 aromatic carbocycles. The zero-order valence-corrected chi connectivity index (χ0v) is 9.63. The average molecular weight is 222 g/mol. The Hall–Kier alpha value is -1.12. The first-order valence-corrected chi connectivity index (χ1v) is 5.86. The molecule has 0 saturated carbocycles. The van der Waals surface area contributed by atoms with Gasteiger partial charge in [-0.1, -0.05) is 0 Å². The Labute approximate surface area is 93.8 Å². The second kappa shape index (κ2) is 4.60. The summed E-state index contributed by atoms with van der Waals surface area (Å²) in [5, 5.41) is 9.65. The largest absolute Gasteiger partial charge is 0.346 e. The third-order valence-corrected chi connectivity index (χ3v) is 3.63. The van der Waals surface area contributed by atoms with E-state index in [4.69, 9.17) is 5.26 Å². The normalized spacial score (nSPS) is 17.7. The van der Waals surface area contributed by atoms with Crippen molar-refractivity contribution in [3.8, 4) is 6.07 Å². The van der Waals surface area contributed by atoms with Gasteiger partial charge in [0.15, 0.2) is 5.13 Å². The van der Waals surface area contributed by atoms with Gasteiger partial charge in [-0.05, 0) is 7.05 Å². The van der Waals surface area contributed by atoms with Gasteiger partial charge in [0.2, 0.25) is 0 Å². The van der Waals surface area contributed by atoms with Gasteiger partial charge < -0.3 is 9.80 Å². The zero-order chi connectivity index (χ0) is 10.7. The lowest BCUT2D eigenvalue weighted by Gasteiger charge is -2.32.